The molecule has 12 nitrogen and oxygen atoms in total. The number of hydrogen-bond donors (Lipinski definition) is 6. The maximum Gasteiger partial charge on any atom is 0.326 e. The average molecular weight is 470 g/mol. The van der Waals surface area contributed by atoms with Gasteiger partial charge in [0.15, 0.2) is 17.0 Å². The van der Waals surface area contributed by atoms with Gasteiger partial charge in [-0.1, -0.05) is 0 Å². The zero-order valence-electron chi connectivity index (χ0n) is 17.5. The van der Waals surface area contributed by atoms with E-state index in [0.29, 0.717) is 34.7 Å². The summed E-state index contributed by atoms with van der Waals surface area (Å²) in [6.45, 7) is 0.408. The number of carbonyl (C=O) groups excluding carboxylic acids is 1. The Morgan fingerprint density at radius 2 is 1.97 bits per heavy atom. The van der Waals surface area contributed by atoms with E-state index in [0.717, 1.165) is 10.9 Å². The molecular formula is C20H23N9O3S. The van der Waals surface area contributed by atoms with Crippen LogP contribution in [0.4, 0.5) is 11.8 Å². The molecule has 1 unspecified atom stereocenters. The second-order valence-electron chi connectivity index (χ2n) is 7.09. The number of amides is 1. The summed E-state index contributed by atoms with van der Waals surface area (Å²) in [4.78, 5) is 40.5. The first-order valence-electron chi connectivity index (χ1n) is 9.63. The van der Waals surface area contributed by atoms with E-state index in [4.69, 9.17) is 11.5 Å². The molecule has 1 atom stereocenters. The van der Waals surface area contributed by atoms with E-state index >= 15 is 0 Å². The van der Waals surface area contributed by atoms with Crippen LogP contribution in [0.5, 0.6) is 0 Å². The van der Waals surface area contributed by atoms with Crippen molar-refractivity contribution in [2.24, 2.45) is 0 Å². The fraction of sp³-hybridized carbons (Fsp3) is 0.200. The van der Waals surface area contributed by atoms with E-state index in [9.17, 15) is 14.7 Å². The van der Waals surface area contributed by atoms with Gasteiger partial charge in [0.05, 0.1) is 18.4 Å². The first-order valence-corrected chi connectivity index (χ1v) is 10.3. The minimum Gasteiger partial charge on any atom is -0.480 e. The molecule has 3 heterocycles. The number of nitrogens with two attached hydrogens (primary N) is 2. The van der Waals surface area contributed by atoms with Crippen LogP contribution in [0.15, 0.2) is 36.7 Å². The van der Waals surface area contributed by atoms with E-state index in [1.54, 1.807) is 24.4 Å². The number of nitrogens with zero attached hydrogens (tertiary/aromatic N) is 5. The smallest absolute Gasteiger partial charge is 0.326 e. The second-order valence-corrected chi connectivity index (χ2v) is 7.54. The molecule has 172 valence electrons. The van der Waals surface area contributed by atoms with Gasteiger partial charge in [0.1, 0.15) is 6.04 Å². The Kier molecular flexibility index (Phi) is 6.94. The van der Waals surface area contributed by atoms with Crippen LogP contribution in [0.2, 0.25) is 0 Å². The van der Waals surface area contributed by atoms with Gasteiger partial charge >= 0.3 is 5.97 Å². The largest absolute Gasteiger partial charge is 0.480 e. The van der Waals surface area contributed by atoms with Crippen molar-refractivity contribution in [3.8, 4) is 0 Å². The lowest BCUT2D eigenvalue weighted by molar-refractivity contribution is -0.139. The summed E-state index contributed by atoms with van der Waals surface area (Å²) >= 11 is 4.04. The van der Waals surface area contributed by atoms with Gasteiger partial charge < -0.3 is 32.6 Å². The van der Waals surface area contributed by atoms with Crippen LogP contribution in [-0.2, 0) is 11.3 Å². The Labute approximate surface area is 193 Å². The molecule has 0 spiro atoms. The van der Waals surface area contributed by atoms with Crippen molar-refractivity contribution in [1.29, 1.82) is 0 Å². The van der Waals surface area contributed by atoms with E-state index in [1.807, 2.05) is 16.8 Å². The summed E-state index contributed by atoms with van der Waals surface area (Å²) in [7, 11) is 0. The monoisotopic (exact) mass is 469 g/mol. The molecule has 4 rings (SSSR count). The molecule has 0 bridgehead atoms. The third kappa shape index (κ3) is 4.94. The number of rotatable bonds is 7. The third-order valence-corrected chi connectivity index (χ3v) is 5.15. The van der Waals surface area contributed by atoms with Crippen molar-refractivity contribution in [2.45, 2.75) is 19.0 Å². The second kappa shape index (κ2) is 9.67. The number of carboxylic acid groups (broad SMARTS) is 1. The fourth-order valence-electron chi connectivity index (χ4n) is 3.34. The molecule has 0 aliphatic heterocycles. The molecule has 13 heteroatoms. The van der Waals surface area contributed by atoms with Crippen molar-refractivity contribution < 1.29 is 14.7 Å². The number of anilines is 2. The summed E-state index contributed by atoms with van der Waals surface area (Å²) in [5, 5.41) is 12.6. The number of benzene rings is 1. The van der Waals surface area contributed by atoms with Gasteiger partial charge in [0, 0.05) is 22.7 Å². The third-order valence-electron chi connectivity index (χ3n) is 4.89. The number of fused-ring (bicyclic) bond motifs is 2. The lowest BCUT2D eigenvalue weighted by Crippen LogP contribution is -2.41. The predicted molar refractivity (Wildman–Crippen MR) is 127 cm³/mol. The van der Waals surface area contributed by atoms with Crippen molar-refractivity contribution in [1.82, 2.24) is 36.0 Å². The quantitative estimate of drug-likeness (QED) is 0.213. The lowest BCUT2D eigenvalue weighted by Gasteiger charge is -2.13. The van der Waals surface area contributed by atoms with Crippen molar-refractivity contribution in [2.75, 3.05) is 17.2 Å². The minimum atomic E-state index is -1.09. The molecule has 33 heavy (non-hydrogen) atoms. The Hall–Kier alpha value is -3.97. The first kappa shape index (κ1) is 23.7. The first-order chi connectivity index (χ1) is 15.4. The van der Waals surface area contributed by atoms with Crippen LogP contribution in [0, 0.1) is 0 Å². The van der Waals surface area contributed by atoms with Gasteiger partial charge in [-0.3, -0.25) is 4.79 Å². The molecule has 0 aliphatic rings. The van der Waals surface area contributed by atoms with E-state index in [-0.39, 0.29) is 24.3 Å². The summed E-state index contributed by atoms with van der Waals surface area (Å²) in [5.74, 6) is -1.00. The number of carboxylic acids is 1. The maximum atomic E-state index is 12.5. The van der Waals surface area contributed by atoms with Crippen LogP contribution in [0.25, 0.3) is 22.1 Å². The molecule has 1 aromatic carbocycles. The number of nitrogens with one attached hydrogen (secondary N) is 1. The van der Waals surface area contributed by atoms with Crippen LogP contribution in [0.1, 0.15) is 22.5 Å². The Morgan fingerprint density at radius 3 is 2.70 bits per heavy atom. The average Bonchev–Trinajstić information content (AvgIpc) is 3.15. The van der Waals surface area contributed by atoms with Crippen LogP contribution < -0.4 is 22.9 Å². The minimum absolute atomic E-state index is 0. The van der Waals surface area contributed by atoms with Gasteiger partial charge in [-0.2, -0.15) is 22.6 Å². The highest BCUT2D eigenvalue weighted by Gasteiger charge is 2.20. The SMILES string of the molecule is N.Nc1nc(N)c2nc(Cn3ccc4cc(C(=O)NC(CCS)C(=O)O)ccc43)cnc2n1. The summed E-state index contributed by atoms with van der Waals surface area (Å²) in [6.07, 6.45) is 3.69. The zero-order chi connectivity index (χ0) is 22.8. The van der Waals surface area contributed by atoms with E-state index in [2.05, 4.69) is 37.9 Å². The molecule has 1 amide bonds. The summed E-state index contributed by atoms with van der Waals surface area (Å²) in [5.41, 5.74) is 14.1. The Bertz CT molecular complexity index is 1340. The molecule has 0 fully saturated rings. The maximum absolute atomic E-state index is 12.5. The number of hydrogen-bond acceptors (Lipinski definition) is 10. The highest BCUT2D eigenvalue weighted by Crippen LogP contribution is 2.20. The highest BCUT2D eigenvalue weighted by molar-refractivity contribution is 7.80. The van der Waals surface area contributed by atoms with Crippen LogP contribution in [-0.4, -0.2) is 53.3 Å². The topological polar surface area (TPSA) is 210 Å². The van der Waals surface area contributed by atoms with Crippen molar-refractivity contribution >= 4 is 58.3 Å². The molecule has 0 aliphatic carbocycles. The number of carbonyl (C=O) groups is 2. The van der Waals surface area contributed by atoms with E-state index < -0.39 is 17.9 Å². The number of nitrogen functional groups attached to an aromatic ring is 2. The normalized spacial score (nSPS) is 11.8. The molecule has 0 radical (unpaired) electrons. The molecule has 9 N–H and O–H groups in total. The van der Waals surface area contributed by atoms with E-state index in [1.165, 1.54) is 0 Å². The molecular weight excluding hydrogens is 446 g/mol. The number of aromatic nitrogens is 5. The van der Waals surface area contributed by atoms with Gasteiger partial charge in [0.25, 0.3) is 5.91 Å². The van der Waals surface area contributed by atoms with Gasteiger partial charge in [-0.15, -0.1) is 0 Å². The molecule has 0 saturated heterocycles. The van der Waals surface area contributed by atoms with Crippen LogP contribution >= 0.6 is 12.6 Å². The van der Waals surface area contributed by atoms with Crippen molar-refractivity contribution in [3.05, 3.63) is 47.9 Å². The molecule has 0 saturated carbocycles. The Morgan fingerprint density at radius 1 is 1.18 bits per heavy atom. The lowest BCUT2D eigenvalue weighted by atomic mass is 10.1. The predicted octanol–water partition coefficient (Wildman–Crippen LogP) is 1.25. The zero-order valence-corrected chi connectivity index (χ0v) is 18.4. The fourth-order valence-corrected chi connectivity index (χ4v) is 3.60. The Balaban J connectivity index is 0.00000306. The van der Waals surface area contributed by atoms with Gasteiger partial charge in [-0.25, -0.2) is 14.8 Å². The van der Waals surface area contributed by atoms with Crippen molar-refractivity contribution in [3.63, 3.8) is 0 Å². The molecule has 3 aromatic heterocycles. The molecule has 4 aromatic rings. The highest BCUT2D eigenvalue weighted by atomic mass is 32.1. The van der Waals surface area contributed by atoms with Gasteiger partial charge in [0.2, 0.25) is 5.95 Å². The standard InChI is InChI=1S/C20H20N8O3S.H3N/c21-16-15-17(27-20(22)26-16)23-8-12(24-15)9-28-5-3-10-7-11(1-2-14(10)28)18(29)25-13(4-6-32)19(30)31;/h1-3,5,7-8,13,32H,4,6,9H2,(H,25,29)(H,30,31)(H4,21,22,23,26,27);1H3. The van der Waals surface area contributed by atoms with Crippen LogP contribution in [0.3, 0.4) is 0 Å². The number of aliphatic carboxylic acids is 1. The number of thiol groups is 1. The van der Waals surface area contributed by atoms with Gasteiger partial charge in [-0.05, 0) is 36.4 Å². The summed E-state index contributed by atoms with van der Waals surface area (Å²) < 4.78 is 1.95. The summed E-state index contributed by atoms with van der Waals surface area (Å²) in [6, 6.07) is 6.03.